The maximum atomic E-state index is 11.7. The standard InChI is InChI=1S/C22H42O4/c1-4-5-6-7-8-9-10-11-12-13-14-15-16-17-21(23)24-18-20-19-25-22(2,3)26-20/h20H,4-19H2,1-3H3/t20-/m0/s1. The van der Waals surface area contributed by atoms with Gasteiger partial charge in [-0.15, -0.1) is 0 Å². The Morgan fingerprint density at radius 1 is 0.885 bits per heavy atom. The summed E-state index contributed by atoms with van der Waals surface area (Å²) in [6.45, 7) is 6.83. The van der Waals surface area contributed by atoms with Crippen molar-refractivity contribution in [2.45, 2.75) is 123 Å². The van der Waals surface area contributed by atoms with Crippen LogP contribution >= 0.6 is 0 Å². The molecule has 26 heavy (non-hydrogen) atoms. The van der Waals surface area contributed by atoms with E-state index in [2.05, 4.69) is 6.92 Å². The van der Waals surface area contributed by atoms with Crippen LogP contribution in [0.5, 0.6) is 0 Å². The fourth-order valence-electron chi connectivity index (χ4n) is 3.39. The summed E-state index contributed by atoms with van der Waals surface area (Å²) in [6, 6.07) is 0. The summed E-state index contributed by atoms with van der Waals surface area (Å²) in [5, 5.41) is 0. The van der Waals surface area contributed by atoms with Gasteiger partial charge in [-0.3, -0.25) is 4.79 Å². The number of carbonyl (C=O) groups excluding carboxylic acids is 1. The van der Waals surface area contributed by atoms with E-state index in [1.165, 1.54) is 70.6 Å². The molecule has 1 heterocycles. The van der Waals surface area contributed by atoms with Crippen molar-refractivity contribution < 1.29 is 19.0 Å². The van der Waals surface area contributed by atoms with Crippen molar-refractivity contribution >= 4 is 5.97 Å². The number of unbranched alkanes of at least 4 members (excludes halogenated alkanes) is 12. The Morgan fingerprint density at radius 2 is 1.38 bits per heavy atom. The molecule has 4 nitrogen and oxygen atoms in total. The molecule has 0 spiro atoms. The van der Waals surface area contributed by atoms with E-state index < -0.39 is 5.79 Å². The topological polar surface area (TPSA) is 44.8 Å². The highest BCUT2D eigenvalue weighted by atomic mass is 16.7. The molecule has 1 aliphatic rings. The van der Waals surface area contributed by atoms with Gasteiger partial charge in [0.2, 0.25) is 0 Å². The molecule has 0 saturated carbocycles. The fourth-order valence-corrected chi connectivity index (χ4v) is 3.39. The Morgan fingerprint density at radius 3 is 1.85 bits per heavy atom. The lowest BCUT2D eigenvalue weighted by molar-refractivity contribution is -0.158. The Hall–Kier alpha value is -0.610. The van der Waals surface area contributed by atoms with Crippen molar-refractivity contribution in [2.24, 2.45) is 0 Å². The predicted molar refractivity (Wildman–Crippen MR) is 106 cm³/mol. The van der Waals surface area contributed by atoms with Gasteiger partial charge in [-0.25, -0.2) is 0 Å². The quantitative estimate of drug-likeness (QED) is 0.241. The first-order chi connectivity index (χ1) is 12.5. The second-order valence-corrected chi connectivity index (χ2v) is 8.13. The molecule has 0 amide bonds. The van der Waals surface area contributed by atoms with Crippen LogP contribution in [0.15, 0.2) is 0 Å². The molecule has 0 aromatic heterocycles. The minimum Gasteiger partial charge on any atom is -0.463 e. The Kier molecular flexibility index (Phi) is 13.0. The first kappa shape index (κ1) is 23.4. The maximum Gasteiger partial charge on any atom is 0.305 e. The molecule has 0 aromatic rings. The first-order valence-corrected chi connectivity index (χ1v) is 11.0. The van der Waals surface area contributed by atoms with E-state index in [1.54, 1.807) is 0 Å². The normalized spacial score (nSPS) is 19.0. The van der Waals surface area contributed by atoms with Crippen molar-refractivity contribution in [3.8, 4) is 0 Å². The van der Waals surface area contributed by atoms with Crippen LogP contribution in [-0.2, 0) is 19.0 Å². The molecule has 4 heteroatoms. The summed E-state index contributed by atoms with van der Waals surface area (Å²) in [5.74, 6) is -0.659. The Balaban J connectivity index is 1.79. The number of ether oxygens (including phenoxy) is 3. The van der Waals surface area contributed by atoms with Crippen LogP contribution in [0.2, 0.25) is 0 Å². The van der Waals surface area contributed by atoms with E-state index in [-0.39, 0.29) is 12.1 Å². The number of hydrogen-bond acceptors (Lipinski definition) is 4. The Labute approximate surface area is 161 Å². The molecule has 1 atom stereocenters. The smallest absolute Gasteiger partial charge is 0.305 e. The molecule has 154 valence electrons. The minimum atomic E-state index is -0.549. The van der Waals surface area contributed by atoms with Crippen LogP contribution in [0.25, 0.3) is 0 Å². The van der Waals surface area contributed by atoms with E-state index in [0.717, 1.165) is 12.8 Å². The van der Waals surface area contributed by atoms with Crippen LogP contribution in [0.4, 0.5) is 0 Å². The zero-order chi connectivity index (χ0) is 19.1. The largest absolute Gasteiger partial charge is 0.463 e. The summed E-state index contributed by atoms with van der Waals surface area (Å²) in [6.07, 6.45) is 17.5. The SMILES string of the molecule is CCCCCCCCCCCCCCCC(=O)OC[C@H]1COC(C)(C)O1. The summed E-state index contributed by atoms with van der Waals surface area (Å²) in [7, 11) is 0. The highest BCUT2D eigenvalue weighted by Crippen LogP contribution is 2.22. The zero-order valence-corrected chi connectivity index (χ0v) is 17.5. The average Bonchev–Trinajstić information content (AvgIpc) is 2.96. The third-order valence-corrected chi connectivity index (χ3v) is 4.98. The van der Waals surface area contributed by atoms with Gasteiger partial charge in [-0.05, 0) is 20.3 Å². The van der Waals surface area contributed by atoms with Gasteiger partial charge < -0.3 is 14.2 Å². The highest BCUT2D eigenvalue weighted by Gasteiger charge is 2.33. The fraction of sp³-hybridized carbons (Fsp3) is 0.955. The van der Waals surface area contributed by atoms with Gasteiger partial charge in [0.1, 0.15) is 12.7 Å². The van der Waals surface area contributed by atoms with Crippen molar-refractivity contribution in [3.05, 3.63) is 0 Å². The van der Waals surface area contributed by atoms with E-state index >= 15 is 0 Å². The van der Waals surface area contributed by atoms with Crippen molar-refractivity contribution in [3.63, 3.8) is 0 Å². The molecular formula is C22H42O4. The molecule has 1 aliphatic heterocycles. The van der Waals surface area contributed by atoms with E-state index in [4.69, 9.17) is 14.2 Å². The molecule has 1 fully saturated rings. The van der Waals surface area contributed by atoms with Crippen LogP contribution < -0.4 is 0 Å². The number of rotatable bonds is 16. The lowest BCUT2D eigenvalue weighted by Crippen LogP contribution is -2.25. The summed E-state index contributed by atoms with van der Waals surface area (Å²) in [4.78, 5) is 11.7. The van der Waals surface area contributed by atoms with Gasteiger partial charge in [0.25, 0.3) is 0 Å². The second-order valence-electron chi connectivity index (χ2n) is 8.13. The first-order valence-electron chi connectivity index (χ1n) is 11.0. The lowest BCUT2D eigenvalue weighted by Gasteiger charge is -2.16. The monoisotopic (exact) mass is 370 g/mol. The molecule has 0 bridgehead atoms. The highest BCUT2D eigenvalue weighted by molar-refractivity contribution is 5.69. The summed E-state index contributed by atoms with van der Waals surface area (Å²) >= 11 is 0. The van der Waals surface area contributed by atoms with E-state index in [1.807, 2.05) is 13.8 Å². The second kappa shape index (κ2) is 14.4. The van der Waals surface area contributed by atoms with Crippen LogP contribution in [-0.4, -0.2) is 31.1 Å². The van der Waals surface area contributed by atoms with Crippen LogP contribution in [0.1, 0.15) is 111 Å². The van der Waals surface area contributed by atoms with Crippen molar-refractivity contribution in [2.75, 3.05) is 13.2 Å². The van der Waals surface area contributed by atoms with Crippen molar-refractivity contribution in [1.82, 2.24) is 0 Å². The summed E-state index contributed by atoms with van der Waals surface area (Å²) < 4.78 is 16.4. The van der Waals surface area contributed by atoms with Crippen molar-refractivity contribution in [1.29, 1.82) is 0 Å². The van der Waals surface area contributed by atoms with Gasteiger partial charge in [0.05, 0.1) is 6.61 Å². The Bertz CT molecular complexity index is 354. The van der Waals surface area contributed by atoms with Gasteiger partial charge in [0.15, 0.2) is 5.79 Å². The van der Waals surface area contributed by atoms with E-state index in [0.29, 0.717) is 19.6 Å². The van der Waals surface area contributed by atoms with Crippen LogP contribution in [0, 0.1) is 0 Å². The molecule has 1 saturated heterocycles. The molecule has 0 unspecified atom stereocenters. The van der Waals surface area contributed by atoms with Gasteiger partial charge >= 0.3 is 5.97 Å². The van der Waals surface area contributed by atoms with Gasteiger partial charge in [-0.2, -0.15) is 0 Å². The molecule has 0 N–H and O–H groups in total. The molecule has 0 radical (unpaired) electrons. The third kappa shape index (κ3) is 12.7. The van der Waals surface area contributed by atoms with Gasteiger partial charge in [0, 0.05) is 6.42 Å². The third-order valence-electron chi connectivity index (χ3n) is 4.98. The van der Waals surface area contributed by atoms with E-state index in [9.17, 15) is 4.79 Å². The van der Waals surface area contributed by atoms with Gasteiger partial charge in [-0.1, -0.05) is 84.0 Å². The lowest BCUT2D eigenvalue weighted by atomic mass is 10.0. The summed E-state index contributed by atoms with van der Waals surface area (Å²) in [5.41, 5.74) is 0. The molecular weight excluding hydrogens is 328 g/mol. The van der Waals surface area contributed by atoms with Crippen LogP contribution in [0.3, 0.4) is 0 Å². The minimum absolute atomic E-state index is 0.110. The zero-order valence-electron chi connectivity index (χ0n) is 17.5. The maximum absolute atomic E-state index is 11.7. The number of esters is 1. The molecule has 0 aromatic carbocycles. The predicted octanol–water partition coefficient (Wildman–Crippen LogP) is 6.16. The molecule has 1 rings (SSSR count). The molecule has 0 aliphatic carbocycles. The number of carbonyl (C=O) groups is 1. The number of hydrogen-bond donors (Lipinski definition) is 0. The average molecular weight is 371 g/mol.